The molecule has 110 valence electrons. The fraction of sp³-hybridized carbons (Fsp3) is 0.412. The van der Waals surface area contributed by atoms with E-state index in [-0.39, 0.29) is 0 Å². The van der Waals surface area contributed by atoms with Gasteiger partial charge in [0.25, 0.3) is 0 Å². The Labute approximate surface area is 125 Å². The number of fused-ring (bicyclic) bond motifs is 1. The molecule has 0 unspecified atom stereocenters. The Morgan fingerprint density at radius 2 is 1.95 bits per heavy atom. The van der Waals surface area contributed by atoms with E-state index in [4.69, 9.17) is 4.42 Å². The molecule has 0 atom stereocenters. The molecule has 0 spiro atoms. The second-order valence-corrected chi connectivity index (χ2v) is 5.88. The maximum Gasteiger partial charge on any atom is 0.117 e. The summed E-state index contributed by atoms with van der Waals surface area (Å²) in [6.07, 6.45) is 1.75. The Kier molecular flexibility index (Phi) is 3.41. The molecule has 4 rings (SSSR count). The topological polar surface area (TPSA) is 31.7 Å². The molecule has 3 heterocycles. The van der Waals surface area contributed by atoms with Crippen LogP contribution < -0.4 is 10.2 Å². The van der Waals surface area contributed by atoms with Crippen molar-refractivity contribution in [2.24, 2.45) is 0 Å². The van der Waals surface area contributed by atoms with Gasteiger partial charge >= 0.3 is 0 Å². The van der Waals surface area contributed by atoms with Crippen LogP contribution >= 0.6 is 0 Å². The maximum absolute atomic E-state index is 5.48. The first-order valence-corrected chi connectivity index (χ1v) is 7.71. The predicted octanol–water partition coefficient (Wildman–Crippen LogP) is 2.21. The van der Waals surface area contributed by atoms with Gasteiger partial charge in [0.15, 0.2) is 0 Å². The van der Waals surface area contributed by atoms with Crippen LogP contribution in [0.4, 0.5) is 5.69 Å². The lowest BCUT2D eigenvalue weighted by Gasteiger charge is -2.31. The average molecular weight is 283 g/mol. The average Bonchev–Trinajstić information content (AvgIpc) is 3.17. The zero-order valence-corrected chi connectivity index (χ0v) is 12.2. The molecular formula is C17H21N3O. The molecule has 0 radical (unpaired) electrons. The molecule has 1 N–H and O–H groups in total. The molecule has 0 bridgehead atoms. The summed E-state index contributed by atoms with van der Waals surface area (Å²) in [5.74, 6) is 1.05. The van der Waals surface area contributed by atoms with Crippen LogP contribution in [0.1, 0.15) is 16.9 Å². The fourth-order valence-corrected chi connectivity index (χ4v) is 3.41. The third-order valence-corrected chi connectivity index (χ3v) is 4.44. The van der Waals surface area contributed by atoms with Crippen molar-refractivity contribution in [1.29, 1.82) is 0 Å². The van der Waals surface area contributed by atoms with Crippen LogP contribution in [0.5, 0.6) is 0 Å². The van der Waals surface area contributed by atoms with Crippen LogP contribution in [-0.4, -0.2) is 31.1 Å². The number of hydrogen-bond acceptors (Lipinski definition) is 4. The molecule has 1 saturated heterocycles. The number of furan rings is 1. The molecule has 1 aromatic heterocycles. The van der Waals surface area contributed by atoms with Gasteiger partial charge < -0.3 is 14.6 Å². The van der Waals surface area contributed by atoms with Gasteiger partial charge in [0.2, 0.25) is 0 Å². The SMILES string of the molecule is c1coc(CN2Cc3cccc(N4CCNCC4)c3C2)c1. The van der Waals surface area contributed by atoms with E-state index in [9.17, 15) is 0 Å². The lowest BCUT2D eigenvalue weighted by molar-refractivity contribution is 0.251. The highest BCUT2D eigenvalue weighted by atomic mass is 16.3. The lowest BCUT2D eigenvalue weighted by Crippen LogP contribution is -2.43. The summed E-state index contributed by atoms with van der Waals surface area (Å²) in [4.78, 5) is 4.97. The van der Waals surface area contributed by atoms with Gasteiger partial charge in [-0.1, -0.05) is 12.1 Å². The number of anilines is 1. The van der Waals surface area contributed by atoms with Crippen molar-refractivity contribution in [3.8, 4) is 0 Å². The van der Waals surface area contributed by atoms with Crippen LogP contribution in [0.25, 0.3) is 0 Å². The van der Waals surface area contributed by atoms with Crippen LogP contribution in [-0.2, 0) is 19.6 Å². The highest BCUT2D eigenvalue weighted by Gasteiger charge is 2.24. The van der Waals surface area contributed by atoms with Crippen LogP contribution in [0.15, 0.2) is 41.0 Å². The molecule has 0 amide bonds. The van der Waals surface area contributed by atoms with Crippen LogP contribution in [0, 0.1) is 0 Å². The van der Waals surface area contributed by atoms with E-state index in [0.717, 1.165) is 51.6 Å². The highest BCUT2D eigenvalue weighted by molar-refractivity contribution is 5.58. The quantitative estimate of drug-likeness (QED) is 0.936. The van der Waals surface area contributed by atoms with Gasteiger partial charge in [-0.05, 0) is 29.3 Å². The monoisotopic (exact) mass is 283 g/mol. The van der Waals surface area contributed by atoms with Gasteiger partial charge in [0.05, 0.1) is 12.8 Å². The lowest BCUT2D eigenvalue weighted by atomic mass is 10.1. The minimum Gasteiger partial charge on any atom is -0.468 e. The van der Waals surface area contributed by atoms with E-state index < -0.39 is 0 Å². The van der Waals surface area contributed by atoms with E-state index in [1.54, 1.807) is 6.26 Å². The molecule has 4 nitrogen and oxygen atoms in total. The summed E-state index contributed by atoms with van der Waals surface area (Å²) < 4.78 is 5.48. The third-order valence-electron chi connectivity index (χ3n) is 4.44. The zero-order chi connectivity index (χ0) is 14.1. The van der Waals surface area contributed by atoms with Gasteiger partial charge in [-0.15, -0.1) is 0 Å². The Morgan fingerprint density at radius 1 is 1.05 bits per heavy atom. The van der Waals surface area contributed by atoms with Gasteiger partial charge in [0.1, 0.15) is 5.76 Å². The van der Waals surface area contributed by atoms with Gasteiger partial charge in [-0.3, -0.25) is 4.90 Å². The van der Waals surface area contributed by atoms with Crippen molar-refractivity contribution in [1.82, 2.24) is 10.2 Å². The van der Waals surface area contributed by atoms with Crippen molar-refractivity contribution in [2.75, 3.05) is 31.1 Å². The Morgan fingerprint density at radius 3 is 2.76 bits per heavy atom. The first-order chi connectivity index (χ1) is 10.4. The Bertz CT molecular complexity index is 603. The molecule has 21 heavy (non-hydrogen) atoms. The van der Waals surface area contributed by atoms with Crippen molar-refractivity contribution in [3.05, 3.63) is 53.5 Å². The number of rotatable bonds is 3. The van der Waals surface area contributed by atoms with Gasteiger partial charge in [-0.2, -0.15) is 0 Å². The summed E-state index contributed by atoms with van der Waals surface area (Å²) in [5.41, 5.74) is 4.40. The number of nitrogens with zero attached hydrogens (tertiary/aromatic N) is 2. The predicted molar refractivity (Wildman–Crippen MR) is 83.2 cm³/mol. The molecule has 1 aromatic carbocycles. The van der Waals surface area contributed by atoms with E-state index in [1.165, 1.54) is 16.8 Å². The maximum atomic E-state index is 5.48. The summed E-state index contributed by atoms with van der Waals surface area (Å²) >= 11 is 0. The number of benzene rings is 1. The Hall–Kier alpha value is -1.78. The Balaban J connectivity index is 1.54. The van der Waals surface area contributed by atoms with Gasteiger partial charge in [0, 0.05) is 45.0 Å². The van der Waals surface area contributed by atoms with E-state index in [0.29, 0.717) is 0 Å². The molecule has 2 aliphatic rings. The standard InChI is InChI=1S/C17H21N3O/c1-3-14-11-19(12-15-4-2-10-21-15)13-16(14)17(5-1)20-8-6-18-7-9-20/h1-5,10,18H,6-9,11-13H2. The fourth-order valence-electron chi connectivity index (χ4n) is 3.41. The van der Waals surface area contributed by atoms with E-state index in [1.807, 2.05) is 6.07 Å². The summed E-state index contributed by atoms with van der Waals surface area (Å²) in [7, 11) is 0. The smallest absolute Gasteiger partial charge is 0.117 e. The highest BCUT2D eigenvalue weighted by Crippen LogP contribution is 2.32. The van der Waals surface area contributed by atoms with E-state index in [2.05, 4.69) is 39.4 Å². The van der Waals surface area contributed by atoms with Crippen LogP contribution in [0.3, 0.4) is 0 Å². The molecule has 2 aliphatic heterocycles. The molecular weight excluding hydrogens is 262 g/mol. The van der Waals surface area contributed by atoms with Crippen molar-refractivity contribution < 1.29 is 4.42 Å². The van der Waals surface area contributed by atoms with Crippen LogP contribution in [0.2, 0.25) is 0 Å². The summed E-state index contributed by atoms with van der Waals surface area (Å²) in [6.45, 7) is 7.32. The van der Waals surface area contributed by atoms with Gasteiger partial charge in [-0.25, -0.2) is 0 Å². The molecule has 0 saturated carbocycles. The van der Waals surface area contributed by atoms with Crippen molar-refractivity contribution >= 4 is 5.69 Å². The number of hydrogen-bond donors (Lipinski definition) is 1. The largest absolute Gasteiger partial charge is 0.468 e. The van der Waals surface area contributed by atoms with E-state index >= 15 is 0 Å². The first-order valence-electron chi connectivity index (χ1n) is 7.71. The zero-order valence-electron chi connectivity index (χ0n) is 12.2. The normalized spacial score (nSPS) is 19.0. The molecule has 4 heteroatoms. The molecule has 1 fully saturated rings. The summed E-state index contributed by atoms with van der Waals surface area (Å²) in [5, 5.41) is 3.43. The second-order valence-electron chi connectivity index (χ2n) is 5.88. The minimum absolute atomic E-state index is 0.892. The minimum atomic E-state index is 0.892. The van der Waals surface area contributed by atoms with Crippen molar-refractivity contribution in [3.63, 3.8) is 0 Å². The second kappa shape index (κ2) is 5.54. The molecule has 2 aromatic rings. The van der Waals surface area contributed by atoms with Crippen molar-refractivity contribution in [2.45, 2.75) is 19.6 Å². The number of piperazine rings is 1. The summed E-state index contributed by atoms with van der Waals surface area (Å²) in [6, 6.07) is 10.8. The number of nitrogens with one attached hydrogen (secondary N) is 1. The first kappa shape index (κ1) is 12.9. The molecule has 0 aliphatic carbocycles. The third kappa shape index (κ3) is 2.57.